The zero-order valence-corrected chi connectivity index (χ0v) is 16.1. The Kier molecular flexibility index (Phi) is 6.06. The number of carbonyl (C=O) groups is 2. The second-order valence-electron chi connectivity index (χ2n) is 6.96. The molecule has 2 heterocycles. The number of likely N-dealkylation sites (N-methyl/N-ethyl adjacent to an activating group) is 1. The summed E-state index contributed by atoms with van der Waals surface area (Å²) in [4.78, 5) is 29.0. The smallest absolute Gasteiger partial charge is 0.277 e. The molecule has 0 aliphatic carbocycles. The topological polar surface area (TPSA) is 53.9 Å². The van der Waals surface area contributed by atoms with Gasteiger partial charge < -0.3 is 15.1 Å². The molecule has 3 rings (SSSR count). The van der Waals surface area contributed by atoms with Gasteiger partial charge in [-0.05, 0) is 30.5 Å². The van der Waals surface area contributed by atoms with Gasteiger partial charge in [0.05, 0.1) is 18.0 Å². The average Bonchev–Trinajstić information content (AvgIpc) is 3.28. The highest BCUT2D eigenvalue weighted by atomic mass is 32.1. The quantitative estimate of drug-likeness (QED) is 0.813. The molecule has 2 amide bonds. The molecule has 1 aromatic heterocycles. The molecule has 1 fully saturated rings. The van der Waals surface area contributed by atoms with Gasteiger partial charge in [0.25, 0.3) is 5.91 Å². The van der Waals surface area contributed by atoms with Crippen molar-refractivity contribution in [1.82, 2.24) is 4.90 Å². The van der Waals surface area contributed by atoms with Crippen LogP contribution in [0, 0.1) is 6.92 Å². The number of amides is 2. The number of thiophene rings is 1. The fourth-order valence-corrected chi connectivity index (χ4v) is 4.35. The molecular formula is C20H26N3O2S+. The highest BCUT2D eigenvalue weighted by Crippen LogP contribution is 2.23. The predicted octanol–water partition coefficient (Wildman–Crippen LogP) is 1.87. The third kappa shape index (κ3) is 4.71. The molecule has 2 aromatic rings. The molecular weight excluding hydrogens is 346 g/mol. The minimum absolute atomic E-state index is 0.0162. The summed E-state index contributed by atoms with van der Waals surface area (Å²) in [5.41, 5.74) is 1.90. The van der Waals surface area contributed by atoms with Gasteiger partial charge in [-0.3, -0.25) is 9.59 Å². The number of hydrogen-bond donors (Lipinski definition) is 2. The number of aryl methyl sites for hydroxylation is 1. The molecule has 138 valence electrons. The summed E-state index contributed by atoms with van der Waals surface area (Å²) in [6, 6.07) is 12.3. The van der Waals surface area contributed by atoms with E-state index in [1.807, 2.05) is 31.2 Å². The summed E-state index contributed by atoms with van der Waals surface area (Å²) in [6.45, 7) is 3.53. The first-order valence-corrected chi connectivity index (χ1v) is 9.89. The van der Waals surface area contributed by atoms with Gasteiger partial charge in [-0.1, -0.05) is 23.8 Å². The molecule has 1 aromatic carbocycles. The van der Waals surface area contributed by atoms with Crippen LogP contribution in [0.3, 0.4) is 0 Å². The van der Waals surface area contributed by atoms with Crippen LogP contribution >= 0.6 is 11.3 Å². The van der Waals surface area contributed by atoms with Crippen molar-refractivity contribution < 1.29 is 14.5 Å². The van der Waals surface area contributed by atoms with Crippen LogP contribution in [0.1, 0.15) is 29.3 Å². The lowest BCUT2D eigenvalue weighted by Gasteiger charge is -2.23. The van der Waals surface area contributed by atoms with E-state index in [4.69, 9.17) is 0 Å². The van der Waals surface area contributed by atoms with Crippen LogP contribution in [-0.4, -0.2) is 43.4 Å². The molecule has 2 atom stereocenters. The lowest BCUT2D eigenvalue weighted by molar-refractivity contribution is -0.910. The number of likely N-dealkylation sites (tertiary alicyclic amines) is 1. The monoisotopic (exact) mass is 372 g/mol. The van der Waals surface area contributed by atoms with Gasteiger partial charge in [0.2, 0.25) is 5.91 Å². The third-order valence-electron chi connectivity index (χ3n) is 4.89. The van der Waals surface area contributed by atoms with Crippen molar-refractivity contribution in [2.45, 2.75) is 25.8 Å². The largest absolute Gasteiger partial charge is 0.332 e. The Bertz CT molecular complexity index is 743. The molecule has 1 unspecified atom stereocenters. The highest BCUT2D eigenvalue weighted by Gasteiger charge is 2.33. The Balaban J connectivity index is 1.51. The van der Waals surface area contributed by atoms with Crippen LogP contribution in [-0.2, 0) is 9.59 Å². The lowest BCUT2D eigenvalue weighted by atomic mass is 10.2. The van der Waals surface area contributed by atoms with Gasteiger partial charge in [0.15, 0.2) is 6.54 Å². The van der Waals surface area contributed by atoms with E-state index < -0.39 is 0 Å². The first-order chi connectivity index (χ1) is 12.5. The molecule has 0 bridgehead atoms. The summed E-state index contributed by atoms with van der Waals surface area (Å²) in [5.74, 6) is -0.154. The number of benzene rings is 1. The van der Waals surface area contributed by atoms with E-state index >= 15 is 0 Å². The first kappa shape index (κ1) is 18.6. The van der Waals surface area contributed by atoms with Gasteiger partial charge in [-0.25, -0.2) is 0 Å². The van der Waals surface area contributed by atoms with Crippen molar-refractivity contribution in [3.8, 4) is 0 Å². The standard InChI is InChI=1S/C20H25N3O2S/c1-15-7-9-16(10-8-15)21-19(24)13-22(2)20(25)14-23-11-3-5-17(23)18-6-4-12-26-18/h4,6-10,12,17H,3,5,11,13-14H2,1-2H3,(H,21,24)/p+1/t17-/m1/s1. The Morgan fingerprint density at radius 1 is 1.27 bits per heavy atom. The number of nitrogens with zero attached hydrogens (tertiary/aromatic N) is 1. The maximum atomic E-state index is 12.6. The van der Waals surface area contributed by atoms with E-state index in [0.29, 0.717) is 12.6 Å². The Hall–Kier alpha value is -2.18. The van der Waals surface area contributed by atoms with Gasteiger partial charge in [0.1, 0.15) is 6.04 Å². The van der Waals surface area contributed by atoms with Crippen LogP contribution < -0.4 is 10.2 Å². The number of hydrogen-bond acceptors (Lipinski definition) is 3. The maximum Gasteiger partial charge on any atom is 0.277 e. The van der Waals surface area contributed by atoms with Crippen molar-refractivity contribution in [2.24, 2.45) is 0 Å². The summed E-state index contributed by atoms with van der Waals surface area (Å²) >= 11 is 1.76. The van der Waals surface area contributed by atoms with Crippen LogP contribution in [0.5, 0.6) is 0 Å². The van der Waals surface area contributed by atoms with E-state index in [1.54, 1.807) is 18.4 Å². The van der Waals surface area contributed by atoms with Crippen molar-refractivity contribution in [2.75, 3.05) is 32.0 Å². The molecule has 6 heteroatoms. The Morgan fingerprint density at radius 2 is 2.04 bits per heavy atom. The van der Waals surface area contributed by atoms with E-state index in [0.717, 1.165) is 30.6 Å². The third-order valence-corrected chi connectivity index (χ3v) is 5.88. The van der Waals surface area contributed by atoms with E-state index in [-0.39, 0.29) is 18.4 Å². The number of rotatable bonds is 6. The fraction of sp³-hybridized carbons (Fsp3) is 0.400. The second-order valence-corrected chi connectivity index (χ2v) is 7.94. The van der Waals surface area contributed by atoms with Crippen LogP contribution in [0.2, 0.25) is 0 Å². The molecule has 1 aliphatic heterocycles. The number of nitrogens with one attached hydrogen (secondary N) is 2. The number of quaternary nitrogens is 1. The molecule has 1 saturated heterocycles. The molecule has 0 radical (unpaired) electrons. The molecule has 1 aliphatic rings. The van der Waals surface area contributed by atoms with E-state index in [9.17, 15) is 9.59 Å². The zero-order valence-electron chi connectivity index (χ0n) is 15.3. The minimum atomic E-state index is -0.170. The molecule has 26 heavy (non-hydrogen) atoms. The van der Waals surface area contributed by atoms with E-state index in [1.165, 1.54) is 14.7 Å². The Morgan fingerprint density at radius 3 is 2.73 bits per heavy atom. The van der Waals surface area contributed by atoms with Crippen LogP contribution in [0.4, 0.5) is 5.69 Å². The predicted molar refractivity (Wildman–Crippen MR) is 104 cm³/mol. The van der Waals surface area contributed by atoms with Crippen LogP contribution in [0.25, 0.3) is 0 Å². The highest BCUT2D eigenvalue weighted by molar-refractivity contribution is 7.10. The summed E-state index contributed by atoms with van der Waals surface area (Å²) in [6.07, 6.45) is 2.27. The lowest BCUT2D eigenvalue weighted by Crippen LogP contribution is -3.11. The summed E-state index contributed by atoms with van der Waals surface area (Å²) in [7, 11) is 1.70. The van der Waals surface area contributed by atoms with Crippen molar-refractivity contribution in [3.63, 3.8) is 0 Å². The number of anilines is 1. The Labute approximate surface area is 158 Å². The van der Waals surface area contributed by atoms with Gasteiger partial charge in [-0.15, -0.1) is 11.3 Å². The van der Waals surface area contributed by atoms with Crippen molar-refractivity contribution in [1.29, 1.82) is 0 Å². The molecule has 0 saturated carbocycles. The SMILES string of the molecule is Cc1ccc(NC(=O)CN(C)C(=O)C[NH+]2CCC[C@@H]2c2cccs2)cc1. The van der Waals surface area contributed by atoms with Crippen LogP contribution in [0.15, 0.2) is 41.8 Å². The average molecular weight is 373 g/mol. The zero-order chi connectivity index (χ0) is 18.5. The minimum Gasteiger partial charge on any atom is -0.332 e. The summed E-state index contributed by atoms with van der Waals surface area (Å²) in [5, 5.41) is 4.93. The first-order valence-electron chi connectivity index (χ1n) is 9.01. The second kappa shape index (κ2) is 8.47. The van der Waals surface area contributed by atoms with Gasteiger partial charge in [-0.2, -0.15) is 0 Å². The van der Waals surface area contributed by atoms with Crippen molar-refractivity contribution >= 4 is 28.8 Å². The summed E-state index contributed by atoms with van der Waals surface area (Å²) < 4.78 is 0. The van der Waals surface area contributed by atoms with Gasteiger partial charge in [0, 0.05) is 25.6 Å². The van der Waals surface area contributed by atoms with Gasteiger partial charge >= 0.3 is 0 Å². The molecule has 5 nitrogen and oxygen atoms in total. The molecule has 2 N–H and O–H groups in total. The molecule has 0 spiro atoms. The normalized spacial score (nSPS) is 19.3. The van der Waals surface area contributed by atoms with E-state index in [2.05, 4.69) is 22.8 Å². The number of carbonyl (C=O) groups excluding carboxylic acids is 2. The fourth-order valence-electron chi connectivity index (χ4n) is 3.43. The maximum absolute atomic E-state index is 12.6. The van der Waals surface area contributed by atoms with Crippen molar-refractivity contribution in [3.05, 3.63) is 52.2 Å².